The van der Waals surface area contributed by atoms with E-state index in [-0.39, 0.29) is 11.4 Å². The largest absolute Gasteiger partial charge is 0.493 e. The summed E-state index contributed by atoms with van der Waals surface area (Å²) in [5.41, 5.74) is 2.39. The van der Waals surface area contributed by atoms with E-state index in [1.54, 1.807) is 25.4 Å². The van der Waals surface area contributed by atoms with Crippen molar-refractivity contribution in [2.24, 2.45) is 0 Å². The number of ether oxygens (including phenoxy) is 3. The first-order valence-electron chi connectivity index (χ1n) is 11.1. The number of hydrogen-bond donors (Lipinski definition) is 3. The van der Waals surface area contributed by atoms with Crippen LogP contribution in [0.25, 0.3) is 0 Å². The number of benzene rings is 1. The van der Waals surface area contributed by atoms with E-state index in [1.165, 1.54) is 27.0 Å². The second-order valence-electron chi connectivity index (χ2n) is 8.42. The fraction of sp³-hybridized carbons (Fsp3) is 0.522. The number of nitrogens with one attached hydrogen (secondary N) is 3. The number of nitrogens with zero attached hydrogens (tertiary/aromatic N) is 2. The van der Waals surface area contributed by atoms with Crippen LogP contribution in [0, 0.1) is 0 Å². The SMILES string of the molecule is COc1cc(C(=O)N[C@H](C)C(=O)N2CCC3(CC2)NCCc2[nH]cnc23)cc(OC)c1OC. The van der Waals surface area contributed by atoms with Crippen molar-refractivity contribution in [3.63, 3.8) is 0 Å². The molecule has 10 heteroatoms. The molecule has 3 N–H and O–H groups in total. The molecule has 1 atom stereocenters. The van der Waals surface area contributed by atoms with Gasteiger partial charge in [-0.05, 0) is 31.9 Å². The van der Waals surface area contributed by atoms with Crippen molar-refractivity contribution in [3.8, 4) is 17.2 Å². The number of carbonyl (C=O) groups excluding carboxylic acids is 2. The molecule has 0 bridgehead atoms. The Labute approximate surface area is 193 Å². The molecule has 2 aliphatic rings. The molecule has 178 valence electrons. The highest BCUT2D eigenvalue weighted by molar-refractivity contribution is 5.98. The minimum absolute atomic E-state index is 0.108. The van der Waals surface area contributed by atoms with Crippen LogP contribution in [0.15, 0.2) is 18.5 Å². The molecule has 4 rings (SSSR count). The Hall–Kier alpha value is -3.27. The highest BCUT2D eigenvalue weighted by Gasteiger charge is 2.42. The maximum absolute atomic E-state index is 13.1. The molecule has 3 heterocycles. The molecule has 1 aromatic carbocycles. The van der Waals surface area contributed by atoms with Gasteiger partial charge in [0.25, 0.3) is 5.91 Å². The maximum Gasteiger partial charge on any atom is 0.252 e. The zero-order chi connectivity index (χ0) is 23.6. The number of likely N-dealkylation sites (tertiary alicyclic amines) is 1. The van der Waals surface area contributed by atoms with E-state index < -0.39 is 11.9 Å². The first-order chi connectivity index (χ1) is 15.9. The van der Waals surface area contributed by atoms with E-state index in [4.69, 9.17) is 14.2 Å². The van der Waals surface area contributed by atoms with Crippen LogP contribution in [0.3, 0.4) is 0 Å². The molecule has 2 aromatic rings. The molecule has 0 saturated carbocycles. The van der Waals surface area contributed by atoms with E-state index in [1.807, 2.05) is 4.90 Å². The molecular formula is C23H31N5O5. The highest BCUT2D eigenvalue weighted by atomic mass is 16.5. The standard InChI is InChI=1S/C23H31N5O5/c1-14(27-21(29)15-11-17(31-2)19(33-4)18(12-15)32-3)22(30)28-9-6-23(7-10-28)20-16(5-8-26-23)24-13-25-20/h11-14,26H,5-10H2,1-4H3,(H,24,25)(H,27,29)/t14-/m1/s1. The van der Waals surface area contributed by atoms with Crippen molar-refractivity contribution < 1.29 is 23.8 Å². The van der Waals surface area contributed by atoms with Crippen molar-refractivity contribution >= 4 is 11.8 Å². The number of fused-ring (bicyclic) bond motifs is 2. The van der Waals surface area contributed by atoms with Crippen LogP contribution in [0.2, 0.25) is 0 Å². The smallest absolute Gasteiger partial charge is 0.252 e. The van der Waals surface area contributed by atoms with E-state index in [9.17, 15) is 9.59 Å². The van der Waals surface area contributed by atoms with E-state index in [0.717, 1.165) is 31.5 Å². The summed E-state index contributed by atoms with van der Waals surface area (Å²) in [5, 5.41) is 6.43. The number of piperidine rings is 1. The number of aromatic amines is 1. The van der Waals surface area contributed by atoms with Gasteiger partial charge in [0.2, 0.25) is 11.7 Å². The van der Waals surface area contributed by atoms with Gasteiger partial charge in [0, 0.05) is 37.3 Å². The Kier molecular flexibility index (Phi) is 6.46. The lowest BCUT2D eigenvalue weighted by Crippen LogP contribution is -2.57. The maximum atomic E-state index is 13.1. The van der Waals surface area contributed by atoms with Crippen molar-refractivity contribution in [1.29, 1.82) is 0 Å². The summed E-state index contributed by atoms with van der Waals surface area (Å²) < 4.78 is 15.9. The number of hydrogen-bond acceptors (Lipinski definition) is 7. The molecule has 1 fully saturated rings. The topological polar surface area (TPSA) is 118 Å². The Morgan fingerprint density at radius 2 is 1.79 bits per heavy atom. The predicted molar refractivity (Wildman–Crippen MR) is 121 cm³/mol. The third-order valence-electron chi connectivity index (χ3n) is 6.58. The molecule has 0 radical (unpaired) electrons. The van der Waals surface area contributed by atoms with Gasteiger partial charge in [-0.1, -0.05) is 0 Å². The third-order valence-corrected chi connectivity index (χ3v) is 6.58. The summed E-state index contributed by atoms with van der Waals surface area (Å²) in [7, 11) is 4.47. The molecule has 1 saturated heterocycles. The molecule has 2 amide bonds. The zero-order valence-corrected chi connectivity index (χ0v) is 19.5. The zero-order valence-electron chi connectivity index (χ0n) is 19.5. The molecule has 0 unspecified atom stereocenters. The summed E-state index contributed by atoms with van der Waals surface area (Å²) >= 11 is 0. The average Bonchev–Trinajstić information content (AvgIpc) is 3.33. The lowest BCUT2D eigenvalue weighted by molar-refractivity contribution is -0.134. The molecule has 1 aromatic heterocycles. The summed E-state index contributed by atoms with van der Waals surface area (Å²) in [6.07, 6.45) is 4.25. The number of amides is 2. The van der Waals surface area contributed by atoms with Crippen LogP contribution >= 0.6 is 0 Å². The lowest BCUT2D eigenvalue weighted by atomic mass is 9.80. The van der Waals surface area contributed by atoms with Gasteiger partial charge < -0.3 is 34.7 Å². The van der Waals surface area contributed by atoms with Gasteiger partial charge in [-0.3, -0.25) is 9.59 Å². The van der Waals surface area contributed by atoms with Crippen LogP contribution in [-0.2, 0) is 16.8 Å². The number of rotatable bonds is 6. The number of H-pyrrole nitrogens is 1. The van der Waals surface area contributed by atoms with Crippen molar-refractivity contribution in [2.75, 3.05) is 41.0 Å². The number of carbonyl (C=O) groups is 2. The highest BCUT2D eigenvalue weighted by Crippen LogP contribution is 2.38. The van der Waals surface area contributed by atoms with E-state index >= 15 is 0 Å². The second-order valence-corrected chi connectivity index (χ2v) is 8.42. The van der Waals surface area contributed by atoms with Gasteiger partial charge in [0.05, 0.1) is 38.9 Å². The van der Waals surface area contributed by atoms with Crippen molar-refractivity contribution in [2.45, 2.75) is 37.8 Å². The first kappa shape index (κ1) is 22.9. The Bertz CT molecular complexity index is 1000. The predicted octanol–water partition coefficient (Wildman–Crippen LogP) is 1.22. The molecule has 1 spiro atoms. The molecule has 10 nitrogen and oxygen atoms in total. The quantitative estimate of drug-likeness (QED) is 0.597. The summed E-state index contributed by atoms with van der Waals surface area (Å²) in [4.78, 5) is 35.5. The van der Waals surface area contributed by atoms with E-state index in [0.29, 0.717) is 35.9 Å². The second kappa shape index (κ2) is 9.30. The molecule has 2 aliphatic heterocycles. The van der Waals surface area contributed by atoms with Crippen LogP contribution in [-0.4, -0.2) is 73.7 Å². The van der Waals surface area contributed by atoms with Gasteiger partial charge >= 0.3 is 0 Å². The summed E-state index contributed by atoms with van der Waals surface area (Å²) in [5.74, 6) is 0.654. The average molecular weight is 458 g/mol. The Morgan fingerprint density at radius 3 is 2.39 bits per heavy atom. The summed E-state index contributed by atoms with van der Waals surface area (Å²) in [6.45, 7) is 3.79. The number of aromatic nitrogens is 2. The van der Waals surface area contributed by atoms with Crippen molar-refractivity contribution in [1.82, 2.24) is 25.5 Å². The van der Waals surface area contributed by atoms with Crippen LogP contribution < -0.4 is 24.8 Å². The summed E-state index contributed by atoms with van der Waals surface area (Å²) in [6, 6.07) is 2.45. The number of imidazole rings is 1. The van der Waals surface area contributed by atoms with Gasteiger partial charge in [-0.2, -0.15) is 0 Å². The molecular weight excluding hydrogens is 426 g/mol. The van der Waals surface area contributed by atoms with Crippen molar-refractivity contribution in [3.05, 3.63) is 35.4 Å². The van der Waals surface area contributed by atoms with Gasteiger partial charge in [0.1, 0.15) is 6.04 Å². The third kappa shape index (κ3) is 4.22. The van der Waals surface area contributed by atoms with E-state index in [2.05, 4.69) is 20.6 Å². The van der Waals surface area contributed by atoms with Gasteiger partial charge in [-0.15, -0.1) is 0 Å². The van der Waals surface area contributed by atoms with Gasteiger partial charge in [-0.25, -0.2) is 4.98 Å². The van der Waals surface area contributed by atoms with Gasteiger partial charge in [0.15, 0.2) is 11.5 Å². The fourth-order valence-electron chi connectivity index (χ4n) is 4.78. The minimum atomic E-state index is -0.675. The van der Waals surface area contributed by atoms with Crippen LogP contribution in [0.1, 0.15) is 41.5 Å². The Morgan fingerprint density at radius 1 is 1.12 bits per heavy atom. The first-order valence-corrected chi connectivity index (χ1v) is 11.1. The normalized spacial score (nSPS) is 17.8. The van der Waals surface area contributed by atoms with Crippen LogP contribution in [0.5, 0.6) is 17.2 Å². The Balaban J connectivity index is 1.40. The van der Waals surface area contributed by atoms with Crippen LogP contribution in [0.4, 0.5) is 0 Å². The lowest BCUT2D eigenvalue weighted by Gasteiger charge is -2.44. The minimum Gasteiger partial charge on any atom is -0.493 e. The molecule has 0 aliphatic carbocycles. The fourth-order valence-corrected chi connectivity index (χ4v) is 4.78. The monoisotopic (exact) mass is 457 g/mol. The number of methoxy groups -OCH3 is 3. The molecule has 33 heavy (non-hydrogen) atoms.